The van der Waals surface area contributed by atoms with E-state index in [1.165, 1.54) is 24.2 Å². The zero-order chi connectivity index (χ0) is 12.3. The first-order valence-electron chi connectivity index (χ1n) is 5.73. The molecule has 0 atom stereocenters. The van der Waals surface area contributed by atoms with E-state index in [0.29, 0.717) is 17.1 Å². The second kappa shape index (κ2) is 5.23. The number of thiophene rings is 1. The highest BCUT2D eigenvalue weighted by molar-refractivity contribution is 7.18. The summed E-state index contributed by atoms with van der Waals surface area (Å²) in [7, 11) is 0. The van der Waals surface area contributed by atoms with E-state index in [4.69, 9.17) is 5.73 Å². The minimum absolute atomic E-state index is 0.133. The van der Waals surface area contributed by atoms with Crippen LogP contribution < -0.4 is 16.4 Å². The first-order chi connectivity index (χ1) is 8.20. The summed E-state index contributed by atoms with van der Waals surface area (Å²) in [4.78, 5) is 12.3. The molecule has 0 unspecified atom stereocenters. The van der Waals surface area contributed by atoms with Gasteiger partial charge in [-0.15, -0.1) is 17.9 Å². The number of nitrogens with two attached hydrogens (primary N) is 1. The third-order valence-electron chi connectivity index (χ3n) is 2.64. The van der Waals surface area contributed by atoms with E-state index >= 15 is 0 Å². The molecular weight excluding hydrogens is 234 g/mol. The Kier molecular flexibility index (Phi) is 3.68. The van der Waals surface area contributed by atoms with Crippen molar-refractivity contribution in [1.29, 1.82) is 0 Å². The lowest BCUT2D eigenvalue weighted by Gasteiger charge is -2.00. The van der Waals surface area contributed by atoms with Crippen molar-refractivity contribution >= 4 is 27.9 Å². The lowest BCUT2D eigenvalue weighted by Crippen LogP contribution is -2.22. The molecule has 4 N–H and O–H groups in total. The molecule has 0 aromatic carbocycles. The first-order valence-corrected chi connectivity index (χ1v) is 6.54. The molecule has 1 saturated carbocycles. The number of hydrogen-bond donors (Lipinski definition) is 3. The Bertz CT molecular complexity index is 423. The second-order valence-electron chi connectivity index (χ2n) is 4.22. The van der Waals surface area contributed by atoms with Gasteiger partial charge in [-0.25, -0.2) is 0 Å². The minimum atomic E-state index is -0.133. The molecule has 0 aliphatic heterocycles. The van der Waals surface area contributed by atoms with Crippen LogP contribution in [0.1, 0.15) is 22.5 Å². The van der Waals surface area contributed by atoms with Crippen LogP contribution in [0.2, 0.25) is 0 Å². The topological polar surface area (TPSA) is 67.2 Å². The van der Waals surface area contributed by atoms with Crippen molar-refractivity contribution in [3.05, 3.63) is 23.6 Å². The van der Waals surface area contributed by atoms with Gasteiger partial charge in [-0.2, -0.15) is 0 Å². The second-order valence-corrected chi connectivity index (χ2v) is 5.27. The molecule has 1 fully saturated rings. The van der Waals surface area contributed by atoms with Gasteiger partial charge in [0.1, 0.15) is 4.88 Å². The number of anilines is 2. The Labute approximate surface area is 105 Å². The van der Waals surface area contributed by atoms with Crippen molar-refractivity contribution in [3.63, 3.8) is 0 Å². The van der Waals surface area contributed by atoms with Crippen molar-refractivity contribution < 1.29 is 4.79 Å². The molecule has 0 bridgehead atoms. The number of nitrogen functional groups attached to an aromatic ring is 1. The van der Waals surface area contributed by atoms with Crippen molar-refractivity contribution in [2.45, 2.75) is 12.8 Å². The Morgan fingerprint density at radius 2 is 2.41 bits per heavy atom. The molecule has 1 aliphatic carbocycles. The van der Waals surface area contributed by atoms with Crippen LogP contribution in [0.4, 0.5) is 10.7 Å². The highest BCUT2D eigenvalue weighted by atomic mass is 32.1. The average Bonchev–Trinajstić information content (AvgIpc) is 3.07. The summed E-state index contributed by atoms with van der Waals surface area (Å²) in [5, 5.41) is 7.01. The van der Waals surface area contributed by atoms with Crippen LogP contribution in [-0.4, -0.2) is 19.0 Å². The van der Waals surface area contributed by atoms with Crippen molar-refractivity contribution in [2.24, 2.45) is 5.92 Å². The van der Waals surface area contributed by atoms with Crippen molar-refractivity contribution in [3.8, 4) is 0 Å². The predicted molar refractivity (Wildman–Crippen MR) is 72.5 cm³/mol. The van der Waals surface area contributed by atoms with Gasteiger partial charge in [0.05, 0.1) is 10.7 Å². The van der Waals surface area contributed by atoms with Gasteiger partial charge < -0.3 is 16.4 Å². The summed E-state index contributed by atoms with van der Waals surface area (Å²) in [5.41, 5.74) is 6.36. The van der Waals surface area contributed by atoms with Gasteiger partial charge in [0, 0.05) is 13.1 Å². The summed E-state index contributed by atoms with van der Waals surface area (Å²) in [6.07, 6.45) is 4.26. The molecule has 1 aliphatic rings. The summed E-state index contributed by atoms with van der Waals surface area (Å²) in [6.45, 7) is 4.99. The zero-order valence-electron chi connectivity index (χ0n) is 9.66. The number of amides is 1. The summed E-state index contributed by atoms with van der Waals surface area (Å²) >= 11 is 1.41. The van der Waals surface area contributed by atoms with E-state index in [-0.39, 0.29) is 5.91 Å². The van der Waals surface area contributed by atoms with Crippen LogP contribution in [0, 0.1) is 5.92 Å². The Balaban J connectivity index is 1.95. The normalized spacial score (nSPS) is 14.4. The number of nitrogens with one attached hydrogen (secondary N) is 2. The van der Waals surface area contributed by atoms with Gasteiger partial charge in [-0.3, -0.25) is 4.79 Å². The zero-order valence-corrected chi connectivity index (χ0v) is 10.5. The van der Waals surface area contributed by atoms with Gasteiger partial charge in [-0.1, -0.05) is 6.08 Å². The standard InChI is InChI=1S/C12H17N3OS/c1-2-5-14-12(16)11-9(13)6-10(17-11)15-7-8-3-4-8/h2,6,8,15H,1,3-5,7,13H2,(H,14,16). The molecule has 5 heteroatoms. The number of hydrogen-bond acceptors (Lipinski definition) is 4. The third-order valence-corrected chi connectivity index (χ3v) is 3.74. The lowest BCUT2D eigenvalue weighted by molar-refractivity contribution is 0.0963. The van der Waals surface area contributed by atoms with Crippen molar-refractivity contribution in [2.75, 3.05) is 24.1 Å². The fourth-order valence-electron chi connectivity index (χ4n) is 1.48. The molecule has 4 nitrogen and oxygen atoms in total. The number of rotatable bonds is 6. The van der Waals surface area contributed by atoms with E-state index in [1.807, 2.05) is 6.07 Å². The first kappa shape index (κ1) is 12.0. The van der Waals surface area contributed by atoms with E-state index in [1.54, 1.807) is 6.08 Å². The fraction of sp³-hybridized carbons (Fsp3) is 0.417. The molecule has 0 spiro atoms. The molecule has 0 radical (unpaired) electrons. The lowest BCUT2D eigenvalue weighted by atomic mass is 10.3. The quantitative estimate of drug-likeness (QED) is 0.678. The smallest absolute Gasteiger partial charge is 0.263 e. The Morgan fingerprint density at radius 3 is 3.06 bits per heavy atom. The van der Waals surface area contributed by atoms with E-state index in [9.17, 15) is 4.79 Å². The molecule has 1 heterocycles. The fourth-order valence-corrected chi connectivity index (χ4v) is 2.38. The largest absolute Gasteiger partial charge is 0.397 e. The van der Waals surface area contributed by atoms with Crippen LogP contribution in [0.25, 0.3) is 0 Å². The number of carbonyl (C=O) groups excluding carboxylic acids is 1. The average molecular weight is 251 g/mol. The van der Waals surface area contributed by atoms with Gasteiger partial charge in [0.15, 0.2) is 0 Å². The SMILES string of the molecule is C=CCNC(=O)c1sc(NCC2CC2)cc1N. The van der Waals surface area contributed by atoms with Gasteiger partial charge in [-0.05, 0) is 24.8 Å². The maximum absolute atomic E-state index is 11.7. The molecular formula is C12H17N3OS. The maximum atomic E-state index is 11.7. The Hall–Kier alpha value is -1.49. The van der Waals surface area contributed by atoms with Gasteiger partial charge in [0.25, 0.3) is 5.91 Å². The van der Waals surface area contributed by atoms with E-state index < -0.39 is 0 Å². The van der Waals surface area contributed by atoms with Crippen LogP contribution in [0.3, 0.4) is 0 Å². The van der Waals surface area contributed by atoms with Gasteiger partial charge >= 0.3 is 0 Å². The molecule has 1 aromatic rings. The molecule has 17 heavy (non-hydrogen) atoms. The molecule has 0 saturated heterocycles. The number of carbonyl (C=O) groups is 1. The Morgan fingerprint density at radius 1 is 1.65 bits per heavy atom. The highest BCUT2D eigenvalue weighted by Gasteiger charge is 2.21. The van der Waals surface area contributed by atoms with Crippen LogP contribution in [-0.2, 0) is 0 Å². The third kappa shape index (κ3) is 3.23. The van der Waals surface area contributed by atoms with Crippen molar-refractivity contribution in [1.82, 2.24) is 5.32 Å². The van der Waals surface area contributed by atoms with Crippen LogP contribution in [0.15, 0.2) is 18.7 Å². The predicted octanol–water partition coefficient (Wildman–Crippen LogP) is 2.07. The van der Waals surface area contributed by atoms with Crippen LogP contribution >= 0.6 is 11.3 Å². The summed E-state index contributed by atoms with van der Waals surface area (Å²) in [5.74, 6) is 0.670. The summed E-state index contributed by atoms with van der Waals surface area (Å²) in [6, 6.07) is 1.83. The maximum Gasteiger partial charge on any atom is 0.263 e. The van der Waals surface area contributed by atoms with Gasteiger partial charge in [0.2, 0.25) is 0 Å². The minimum Gasteiger partial charge on any atom is -0.397 e. The summed E-state index contributed by atoms with van der Waals surface area (Å²) < 4.78 is 0. The van der Waals surface area contributed by atoms with E-state index in [2.05, 4.69) is 17.2 Å². The molecule has 2 rings (SSSR count). The van der Waals surface area contributed by atoms with Crippen LogP contribution in [0.5, 0.6) is 0 Å². The highest BCUT2D eigenvalue weighted by Crippen LogP contribution is 2.32. The van der Waals surface area contributed by atoms with E-state index in [0.717, 1.165) is 17.5 Å². The monoisotopic (exact) mass is 251 g/mol. The molecule has 1 amide bonds. The molecule has 92 valence electrons. The molecule has 1 aromatic heterocycles.